The van der Waals surface area contributed by atoms with Gasteiger partial charge in [0.15, 0.2) is 0 Å². The maximum absolute atomic E-state index is 11.3. The van der Waals surface area contributed by atoms with Gasteiger partial charge in [0.25, 0.3) is 0 Å². The van der Waals surface area contributed by atoms with Gasteiger partial charge in [-0.1, -0.05) is 70.4 Å². The molecule has 0 aliphatic rings. The Hall–Kier alpha value is -1.32. The third-order valence-electron chi connectivity index (χ3n) is 3.42. The smallest absolute Gasteiger partial charge is 0.224 e. The van der Waals surface area contributed by atoms with Gasteiger partial charge in [-0.05, 0) is 6.42 Å². The van der Waals surface area contributed by atoms with Crippen molar-refractivity contribution in [2.45, 2.75) is 71.1 Å². The molecule has 0 spiro atoms. The molecule has 4 N–H and O–H groups in total. The Morgan fingerprint density at radius 2 is 1.50 bits per heavy atom. The summed E-state index contributed by atoms with van der Waals surface area (Å²) in [5.74, 6) is -0.986. The van der Waals surface area contributed by atoms with Crippen LogP contribution in [-0.2, 0) is 9.59 Å². The largest absolute Gasteiger partial charge is 0.369 e. The molecule has 2 amide bonds. The molecule has 0 heterocycles. The molecule has 0 fully saturated rings. The number of hydrogen-bond donors (Lipinski definition) is 2. The Morgan fingerprint density at radius 3 is 2.00 bits per heavy atom. The maximum Gasteiger partial charge on any atom is 0.224 e. The third-order valence-corrected chi connectivity index (χ3v) is 3.42. The molecule has 1 atom stereocenters. The molecular formula is C16H30N2O2. The van der Waals surface area contributed by atoms with Crippen molar-refractivity contribution in [3.05, 3.63) is 12.2 Å². The molecule has 0 aromatic rings. The lowest BCUT2D eigenvalue weighted by molar-refractivity contribution is -0.121. The number of unbranched alkanes of at least 4 members (excludes halogenated alkanes) is 7. The molecule has 20 heavy (non-hydrogen) atoms. The molecule has 116 valence electrons. The second-order valence-corrected chi connectivity index (χ2v) is 5.37. The van der Waals surface area contributed by atoms with Crippen LogP contribution in [0, 0.1) is 5.92 Å². The zero-order valence-electron chi connectivity index (χ0n) is 12.8. The Bertz CT molecular complexity index is 301. The topological polar surface area (TPSA) is 86.2 Å². The summed E-state index contributed by atoms with van der Waals surface area (Å²) >= 11 is 0. The minimum absolute atomic E-state index is 0.168. The van der Waals surface area contributed by atoms with Gasteiger partial charge in [0.2, 0.25) is 11.8 Å². The first kappa shape index (κ1) is 18.7. The first-order valence-electron chi connectivity index (χ1n) is 7.82. The summed E-state index contributed by atoms with van der Waals surface area (Å²) in [6.45, 7) is 2.22. The molecule has 4 nitrogen and oxygen atoms in total. The van der Waals surface area contributed by atoms with Gasteiger partial charge in [-0.2, -0.15) is 0 Å². The van der Waals surface area contributed by atoms with Crippen LogP contribution in [0.3, 0.4) is 0 Å². The molecule has 0 aromatic carbocycles. The van der Waals surface area contributed by atoms with Crippen molar-refractivity contribution in [3.8, 4) is 0 Å². The van der Waals surface area contributed by atoms with Crippen molar-refractivity contribution in [1.29, 1.82) is 0 Å². The fourth-order valence-electron chi connectivity index (χ4n) is 2.18. The van der Waals surface area contributed by atoms with Crippen LogP contribution in [0.5, 0.6) is 0 Å². The molecule has 0 aliphatic carbocycles. The highest BCUT2D eigenvalue weighted by molar-refractivity contribution is 5.79. The van der Waals surface area contributed by atoms with Crippen LogP contribution < -0.4 is 11.5 Å². The summed E-state index contributed by atoms with van der Waals surface area (Å²) in [5, 5.41) is 0. The first-order chi connectivity index (χ1) is 9.57. The lowest BCUT2D eigenvalue weighted by Gasteiger charge is -2.08. The fraction of sp³-hybridized carbons (Fsp3) is 0.750. The van der Waals surface area contributed by atoms with E-state index in [0.717, 1.165) is 19.3 Å². The van der Waals surface area contributed by atoms with Crippen LogP contribution in [0.25, 0.3) is 0 Å². The van der Waals surface area contributed by atoms with Crippen LogP contribution in [-0.4, -0.2) is 11.8 Å². The molecule has 0 bridgehead atoms. The summed E-state index contributed by atoms with van der Waals surface area (Å²) in [6.07, 6.45) is 14.2. The molecule has 1 unspecified atom stereocenters. The van der Waals surface area contributed by atoms with E-state index in [1.807, 2.05) is 0 Å². The number of carbonyl (C=O) groups is 2. The molecular weight excluding hydrogens is 252 g/mol. The average molecular weight is 282 g/mol. The minimum Gasteiger partial charge on any atom is -0.369 e. The predicted molar refractivity (Wildman–Crippen MR) is 82.9 cm³/mol. The quantitative estimate of drug-likeness (QED) is 0.402. The summed E-state index contributed by atoms with van der Waals surface area (Å²) in [5.41, 5.74) is 10.4. The molecule has 0 aliphatic heterocycles. The zero-order chi connectivity index (χ0) is 15.2. The normalized spacial score (nSPS) is 12.7. The van der Waals surface area contributed by atoms with Crippen molar-refractivity contribution in [1.82, 2.24) is 0 Å². The predicted octanol–water partition coefficient (Wildman–Crippen LogP) is 3.05. The standard InChI is InChI=1S/C16H30N2O2/c1-2-3-4-5-6-7-8-9-11-14(16(18)20)12-10-13-15(17)19/h10,12,14H,2-9,11,13H2,1H3,(H2,17,19)(H2,18,20). The van der Waals surface area contributed by atoms with Crippen LogP contribution in [0.4, 0.5) is 0 Å². The van der Waals surface area contributed by atoms with Crippen molar-refractivity contribution in [2.24, 2.45) is 17.4 Å². The summed E-state index contributed by atoms with van der Waals surface area (Å²) in [7, 11) is 0. The second kappa shape index (κ2) is 12.7. The van der Waals surface area contributed by atoms with Gasteiger partial charge in [-0.25, -0.2) is 0 Å². The van der Waals surface area contributed by atoms with E-state index in [2.05, 4.69) is 6.92 Å². The summed E-state index contributed by atoms with van der Waals surface area (Å²) in [6, 6.07) is 0. The molecule has 0 saturated carbocycles. The molecule has 0 saturated heterocycles. The van der Waals surface area contributed by atoms with Crippen molar-refractivity contribution in [2.75, 3.05) is 0 Å². The Kier molecular flexibility index (Phi) is 11.9. The summed E-state index contributed by atoms with van der Waals surface area (Å²) in [4.78, 5) is 21.9. The summed E-state index contributed by atoms with van der Waals surface area (Å²) < 4.78 is 0. The number of amides is 2. The molecule has 4 heteroatoms. The van der Waals surface area contributed by atoms with E-state index in [-0.39, 0.29) is 18.2 Å². The van der Waals surface area contributed by atoms with E-state index in [1.54, 1.807) is 12.2 Å². The lowest BCUT2D eigenvalue weighted by Crippen LogP contribution is -2.21. The van der Waals surface area contributed by atoms with Crippen molar-refractivity contribution in [3.63, 3.8) is 0 Å². The third kappa shape index (κ3) is 11.8. The minimum atomic E-state index is -0.392. The highest BCUT2D eigenvalue weighted by Crippen LogP contribution is 2.14. The van der Waals surface area contributed by atoms with Gasteiger partial charge in [-0.15, -0.1) is 0 Å². The highest BCUT2D eigenvalue weighted by atomic mass is 16.1. The number of hydrogen-bond acceptors (Lipinski definition) is 2. The Labute approximate surface area is 123 Å². The number of nitrogens with two attached hydrogens (primary N) is 2. The first-order valence-corrected chi connectivity index (χ1v) is 7.82. The Balaban J connectivity index is 3.68. The van der Waals surface area contributed by atoms with Gasteiger partial charge in [0, 0.05) is 6.42 Å². The zero-order valence-corrected chi connectivity index (χ0v) is 12.8. The molecule has 0 radical (unpaired) electrons. The maximum atomic E-state index is 11.3. The van der Waals surface area contributed by atoms with Crippen LogP contribution in [0.2, 0.25) is 0 Å². The van der Waals surface area contributed by atoms with E-state index in [1.165, 1.54) is 38.5 Å². The average Bonchev–Trinajstić information content (AvgIpc) is 2.39. The van der Waals surface area contributed by atoms with Crippen molar-refractivity contribution >= 4 is 11.8 Å². The highest BCUT2D eigenvalue weighted by Gasteiger charge is 2.10. The number of primary amides is 2. The van der Waals surface area contributed by atoms with Crippen molar-refractivity contribution < 1.29 is 9.59 Å². The van der Waals surface area contributed by atoms with Gasteiger partial charge in [0.1, 0.15) is 0 Å². The van der Waals surface area contributed by atoms with E-state index >= 15 is 0 Å². The van der Waals surface area contributed by atoms with Gasteiger partial charge < -0.3 is 11.5 Å². The van der Waals surface area contributed by atoms with Gasteiger partial charge in [-0.3, -0.25) is 9.59 Å². The van der Waals surface area contributed by atoms with E-state index in [9.17, 15) is 9.59 Å². The number of carbonyl (C=O) groups excluding carboxylic acids is 2. The monoisotopic (exact) mass is 282 g/mol. The fourth-order valence-corrected chi connectivity index (χ4v) is 2.18. The van der Waals surface area contributed by atoms with Gasteiger partial charge in [0.05, 0.1) is 5.92 Å². The van der Waals surface area contributed by atoms with E-state index in [0.29, 0.717) is 0 Å². The molecule has 0 rings (SSSR count). The van der Waals surface area contributed by atoms with E-state index < -0.39 is 5.91 Å². The SMILES string of the molecule is CCCCCCCCCCC(C=CCC(N)=O)C(N)=O. The number of rotatable bonds is 13. The lowest BCUT2D eigenvalue weighted by atomic mass is 9.98. The van der Waals surface area contributed by atoms with Crippen LogP contribution in [0.15, 0.2) is 12.2 Å². The van der Waals surface area contributed by atoms with Gasteiger partial charge >= 0.3 is 0 Å². The molecule has 0 aromatic heterocycles. The van der Waals surface area contributed by atoms with Crippen LogP contribution in [0.1, 0.15) is 71.1 Å². The Morgan fingerprint density at radius 1 is 0.950 bits per heavy atom. The van der Waals surface area contributed by atoms with Crippen LogP contribution >= 0.6 is 0 Å². The van der Waals surface area contributed by atoms with E-state index in [4.69, 9.17) is 11.5 Å². The second-order valence-electron chi connectivity index (χ2n) is 5.37.